The number of halogens is 1. The minimum Gasteiger partial charge on any atom is -0.479 e. The van der Waals surface area contributed by atoms with Crippen molar-refractivity contribution in [2.75, 3.05) is 43.9 Å². The molecule has 9 heteroatoms. The number of rotatable bonds is 17. The number of carboxylic acids is 1. The van der Waals surface area contributed by atoms with Gasteiger partial charge in [0.2, 0.25) is 0 Å². The Bertz CT molecular complexity index is 1050. The molecule has 2 aromatic carbocycles. The van der Waals surface area contributed by atoms with Crippen molar-refractivity contribution in [1.82, 2.24) is 4.90 Å². The number of aryl methyl sites for hydroxylation is 3. The predicted molar refractivity (Wildman–Crippen MR) is 153 cm³/mol. The molecule has 0 heterocycles. The second kappa shape index (κ2) is 16.2. The van der Waals surface area contributed by atoms with Gasteiger partial charge in [-0.05, 0) is 93.8 Å². The van der Waals surface area contributed by atoms with Gasteiger partial charge in [0.15, 0.2) is 12.2 Å². The van der Waals surface area contributed by atoms with Crippen LogP contribution in [0.2, 0.25) is 5.02 Å². The molecule has 2 atom stereocenters. The SMILES string of the molecule is Cc1ccc(NCCCCOC(C(=O)N(C)CCCCCNc2ccc(C)c(Cl)c2)C(O)C(=O)O)cc1C. The number of unbranched alkanes of at least 4 members (excludes halogenated alkanes) is 3. The number of carboxylic acid groups (broad SMARTS) is 1. The largest absolute Gasteiger partial charge is 0.479 e. The zero-order chi connectivity index (χ0) is 28.1. The van der Waals surface area contributed by atoms with Crippen LogP contribution in [0.1, 0.15) is 48.8 Å². The second-order valence-electron chi connectivity index (χ2n) is 9.72. The molecular weight excluding hydrogens is 506 g/mol. The van der Waals surface area contributed by atoms with Gasteiger partial charge >= 0.3 is 5.97 Å². The van der Waals surface area contributed by atoms with Crippen LogP contribution in [0.15, 0.2) is 36.4 Å². The van der Waals surface area contributed by atoms with Crippen LogP contribution in [-0.4, -0.2) is 72.5 Å². The zero-order valence-corrected chi connectivity index (χ0v) is 23.7. The number of aliphatic hydroxyl groups excluding tert-OH is 1. The summed E-state index contributed by atoms with van der Waals surface area (Å²) in [5.74, 6) is -2.00. The third-order valence-electron chi connectivity index (χ3n) is 6.54. The number of carbonyl (C=O) groups is 2. The number of likely N-dealkylation sites (N-methyl/N-ethyl adjacent to an activating group) is 1. The van der Waals surface area contributed by atoms with E-state index in [2.05, 4.69) is 36.6 Å². The third kappa shape index (κ3) is 10.5. The van der Waals surface area contributed by atoms with E-state index in [0.29, 0.717) is 13.0 Å². The maximum absolute atomic E-state index is 12.9. The molecule has 0 bridgehead atoms. The van der Waals surface area contributed by atoms with E-state index in [1.807, 2.05) is 31.2 Å². The van der Waals surface area contributed by atoms with E-state index in [0.717, 1.165) is 60.7 Å². The molecule has 8 nitrogen and oxygen atoms in total. The molecule has 2 aromatic rings. The van der Waals surface area contributed by atoms with Crippen molar-refractivity contribution in [2.45, 2.75) is 65.1 Å². The molecule has 0 aliphatic heterocycles. The lowest BCUT2D eigenvalue weighted by atomic mass is 10.1. The van der Waals surface area contributed by atoms with Crippen LogP contribution >= 0.6 is 11.6 Å². The molecule has 0 saturated carbocycles. The van der Waals surface area contributed by atoms with Gasteiger partial charge in [-0.1, -0.05) is 23.7 Å². The summed E-state index contributed by atoms with van der Waals surface area (Å²) in [5.41, 5.74) is 5.50. The van der Waals surface area contributed by atoms with E-state index in [1.54, 1.807) is 7.05 Å². The number of nitrogens with zero attached hydrogens (tertiary/aromatic N) is 1. The molecule has 0 spiro atoms. The number of hydrogen-bond donors (Lipinski definition) is 4. The Balaban J connectivity index is 1.69. The predicted octanol–water partition coefficient (Wildman–Crippen LogP) is 5.03. The van der Waals surface area contributed by atoms with E-state index in [9.17, 15) is 19.8 Å². The Morgan fingerprint density at radius 3 is 2.11 bits per heavy atom. The van der Waals surface area contributed by atoms with Gasteiger partial charge in [0.1, 0.15) is 0 Å². The van der Waals surface area contributed by atoms with Crippen LogP contribution in [0.3, 0.4) is 0 Å². The summed E-state index contributed by atoms with van der Waals surface area (Å²) in [6.45, 7) is 8.22. The molecule has 210 valence electrons. The van der Waals surface area contributed by atoms with Crippen molar-refractivity contribution >= 4 is 34.9 Å². The van der Waals surface area contributed by atoms with Crippen LogP contribution in [0, 0.1) is 20.8 Å². The lowest BCUT2D eigenvalue weighted by Gasteiger charge is -2.25. The van der Waals surface area contributed by atoms with E-state index >= 15 is 0 Å². The molecule has 0 fully saturated rings. The Labute approximate surface area is 231 Å². The summed E-state index contributed by atoms with van der Waals surface area (Å²) in [6, 6.07) is 12.1. The number of amides is 1. The topological polar surface area (TPSA) is 111 Å². The monoisotopic (exact) mass is 547 g/mol. The van der Waals surface area contributed by atoms with Crippen LogP contribution < -0.4 is 10.6 Å². The van der Waals surface area contributed by atoms with Crippen LogP contribution in [0.4, 0.5) is 11.4 Å². The van der Waals surface area contributed by atoms with Crippen LogP contribution in [-0.2, 0) is 14.3 Å². The first-order valence-corrected chi connectivity index (χ1v) is 13.6. The van der Waals surface area contributed by atoms with Gasteiger partial charge < -0.3 is 30.5 Å². The number of benzene rings is 2. The zero-order valence-electron chi connectivity index (χ0n) is 22.9. The fourth-order valence-corrected chi connectivity index (χ4v) is 4.04. The van der Waals surface area contributed by atoms with Crippen molar-refractivity contribution in [3.05, 3.63) is 58.1 Å². The molecule has 0 aromatic heterocycles. The summed E-state index contributed by atoms with van der Waals surface area (Å²) < 4.78 is 5.58. The highest BCUT2D eigenvalue weighted by molar-refractivity contribution is 6.31. The number of aliphatic hydroxyl groups is 1. The van der Waals surface area contributed by atoms with E-state index in [-0.39, 0.29) is 6.61 Å². The van der Waals surface area contributed by atoms with E-state index < -0.39 is 24.1 Å². The maximum Gasteiger partial charge on any atom is 0.335 e. The van der Waals surface area contributed by atoms with Crippen molar-refractivity contribution < 1.29 is 24.5 Å². The summed E-state index contributed by atoms with van der Waals surface area (Å²) >= 11 is 6.15. The van der Waals surface area contributed by atoms with Gasteiger partial charge in [0.05, 0.1) is 0 Å². The van der Waals surface area contributed by atoms with E-state index in [4.69, 9.17) is 16.3 Å². The molecule has 0 radical (unpaired) electrons. The quantitative estimate of drug-likeness (QED) is 0.206. The van der Waals surface area contributed by atoms with Crippen molar-refractivity contribution in [3.8, 4) is 0 Å². The average molecular weight is 548 g/mol. The van der Waals surface area contributed by atoms with Crippen molar-refractivity contribution in [1.29, 1.82) is 0 Å². The smallest absolute Gasteiger partial charge is 0.335 e. The highest BCUT2D eigenvalue weighted by Crippen LogP contribution is 2.20. The normalized spacial score (nSPS) is 12.6. The Morgan fingerprint density at radius 2 is 1.50 bits per heavy atom. The molecule has 38 heavy (non-hydrogen) atoms. The molecule has 0 saturated heterocycles. The minimum atomic E-state index is -1.91. The Hall–Kier alpha value is -2.81. The highest BCUT2D eigenvalue weighted by Gasteiger charge is 2.34. The fraction of sp³-hybridized carbons (Fsp3) is 0.517. The number of nitrogens with one attached hydrogen (secondary N) is 2. The summed E-state index contributed by atoms with van der Waals surface area (Å²) in [6.07, 6.45) is 0.583. The third-order valence-corrected chi connectivity index (χ3v) is 6.94. The minimum absolute atomic E-state index is 0.178. The molecule has 0 aliphatic carbocycles. The molecular formula is C29H42ClN3O5. The molecule has 4 N–H and O–H groups in total. The van der Waals surface area contributed by atoms with Crippen LogP contribution in [0.25, 0.3) is 0 Å². The fourth-order valence-electron chi connectivity index (χ4n) is 3.86. The van der Waals surface area contributed by atoms with Gasteiger partial charge in [0.25, 0.3) is 5.91 Å². The van der Waals surface area contributed by atoms with Crippen molar-refractivity contribution in [3.63, 3.8) is 0 Å². The molecule has 2 unspecified atom stereocenters. The second-order valence-corrected chi connectivity index (χ2v) is 10.1. The molecule has 2 rings (SSSR count). The van der Waals surface area contributed by atoms with Gasteiger partial charge in [-0.2, -0.15) is 0 Å². The standard InChI is InChI=1S/C29H42ClN3O5/c1-20-10-12-23(18-22(20)3)31-15-7-9-17-38-27(26(34)29(36)37)28(35)33(4)16-8-5-6-14-32-24-13-11-21(2)25(30)19-24/h10-13,18-19,26-27,31-32,34H,5-9,14-17H2,1-4H3,(H,36,37). The van der Waals surface area contributed by atoms with Crippen LogP contribution in [0.5, 0.6) is 0 Å². The van der Waals surface area contributed by atoms with Gasteiger partial charge in [-0.3, -0.25) is 4.79 Å². The first-order valence-electron chi connectivity index (χ1n) is 13.2. The number of carbonyl (C=O) groups excluding carboxylic acids is 1. The molecule has 1 amide bonds. The lowest BCUT2D eigenvalue weighted by molar-refractivity contribution is -0.166. The first-order chi connectivity index (χ1) is 18.1. The first kappa shape index (κ1) is 31.4. The summed E-state index contributed by atoms with van der Waals surface area (Å²) in [4.78, 5) is 25.7. The van der Waals surface area contributed by atoms with Gasteiger partial charge in [-0.15, -0.1) is 0 Å². The lowest BCUT2D eigenvalue weighted by Crippen LogP contribution is -2.48. The Kier molecular flexibility index (Phi) is 13.4. The number of ether oxygens (including phenoxy) is 1. The molecule has 0 aliphatic rings. The van der Waals surface area contributed by atoms with Crippen molar-refractivity contribution in [2.24, 2.45) is 0 Å². The number of anilines is 2. The summed E-state index contributed by atoms with van der Waals surface area (Å²) in [5, 5.41) is 26.8. The average Bonchev–Trinajstić information content (AvgIpc) is 2.88. The maximum atomic E-state index is 12.9. The number of hydrogen-bond acceptors (Lipinski definition) is 6. The Morgan fingerprint density at radius 1 is 0.895 bits per heavy atom. The van der Waals surface area contributed by atoms with Gasteiger partial charge in [-0.25, -0.2) is 4.79 Å². The summed E-state index contributed by atoms with van der Waals surface area (Å²) in [7, 11) is 1.60. The number of aliphatic carboxylic acids is 1. The van der Waals surface area contributed by atoms with E-state index in [1.165, 1.54) is 16.0 Å². The van der Waals surface area contributed by atoms with Gasteiger partial charge in [0, 0.05) is 49.7 Å². The highest BCUT2D eigenvalue weighted by atomic mass is 35.5.